The summed E-state index contributed by atoms with van der Waals surface area (Å²) >= 11 is 0. The van der Waals surface area contributed by atoms with Gasteiger partial charge in [0.15, 0.2) is 0 Å². The van der Waals surface area contributed by atoms with Gasteiger partial charge in [-0.05, 0) is 67.1 Å². The zero-order valence-electron chi connectivity index (χ0n) is 20.6. The molecule has 198 valence electrons. The zero-order chi connectivity index (χ0) is 26.8. The van der Waals surface area contributed by atoms with Gasteiger partial charge >= 0.3 is 12.3 Å². The smallest absolute Gasteiger partial charge is 0.481 e. The average molecular weight is 519 g/mol. The number of anilines is 2. The van der Waals surface area contributed by atoms with Crippen LogP contribution in [0.25, 0.3) is 11.0 Å². The maximum Gasteiger partial charge on any atom is 0.573 e. The predicted octanol–water partition coefficient (Wildman–Crippen LogP) is 6.02. The number of alkyl halides is 3. The number of nitrogens with one attached hydrogen (secondary N) is 2. The zero-order valence-corrected chi connectivity index (χ0v) is 20.6. The lowest BCUT2D eigenvalue weighted by Crippen LogP contribution is -2.26. The van der Waals surface area contributed by atoms with Gasteiger partial charge in [-0.1, -0.05) is 20.3 Å². The van der Waals surface area contributed by atoms with E-state index in [0.29, 0.717) is 22.7 Å². The lowest BCUT2D eigenvalue weighted by Gasteiger charge is -2.36. The first kappa shape index (κ1) is 26.3. The lowest BCUT2D eigenvalue weighted by molar-refractivity contribution is -0.274. The fraction of sp³-hybridized carbons (Fsp3) is 0.423. The summed E-state index contributed by atoms with van der Waals surface area (Å²) in [6.45, 7) is 4.47. The first-order valence-corrected chi connectivity index (χ1v) is 12.0. The van der Waals surface area contributed by atoms with E-state index in [2.05, 4.69) is 33.8 Å². The molecule has 1 aromatic heterocycles. The molecule has 1 aliphatic rings. The van der Waals surface area contributed by atoms with Crippen molar-refractivity contribution in [3.8, 4) is 5.75 Å². The molecule has 11 heteroatoms. The molecule has 4 rings (SSSR count). The molecule has 37 heavy (non-hydrogen) atoms. The van der Waals surface area contributed by atoms with Crippen LogP contribution in [0.3, 0.4) is 0 Å². The Morgan fingerprint density at radius 2 is 1.92 bits per heavy atom. The van der Waals surface area contributed by atoms with Crippen molar-refractivity contribution in [3.63, 3.8) is 0 Å². The van der Waals surface area contributed by atoms with Crippen LogP contribution in [-0.2, 0) is 4.79 Å². The van der Waals surface area contributed by atoms with Gasteiger partial charge in [-0.15, -0.1) is 13.2 Å². The van der Waals surface area contributed by atoms with Gasteiger partial charge < -0.3 is 25.0 Å². The SMILES string of the molecule is CC1(C)CCCC(n2c(Nc3ccc(OC(F)(F)F)cc3)nc3cc(C(=O)NCCC(=O)O)ccc32)C1. The van der Waals surface area contributed by atoms with Gasteiger partial charge in [0.1, 0.15) is 5.75 Å². The molecule has 0 radical (unpaired) electrons. The average Bonchev–Trinajstić information content (AvgIpc) is 3.15. The molecule has 1 aliphatic carbocycles. The third-order valence-corrected chi connectivity index (χ3v) is 6.46. The normalized spacial score (nSPS) is 17.4. The number of imidazole rings is 1. The van der Waals surface area contributed by atoms with E-state index in [4.69, 9.17) is 10.1 Å². The number of aliphatic carboxylic acids is 1. The topological polar surface area (TPSA) is 105 Å². The molecule has 0 spiro atoms. The third kappa shape index (κ3) is 6.72. The number of carboxylic acid groups (broad SMARTS) is 1. The van der Waals surface area contributed by atoms with Crippen LogP contribution in [0.4, 0.5) is 24.8 Å². The molecule has 0 bridgehead atoms. The molecule has 1 saturated carbocycles. The number of amides is 1. The predicted molar refractivity (Wildman–Crippen MR) is 132 cm³/mol. The van der Waals surface area contributed by atoms with Gasteiger partial charge in [0.25, 0.3) is 5.91 Å². The molecular weight excluding hydrogens is 489 g/mol. The Bertz CT molecular complexity index is 1290. The number of aromatic nitrogens is 2. The van der Waals surface area contributed by atoms with Crippen molar-refractivity contribution in [2.75, 3.05) is 11.9 Å². The Morgan fingerprint density at radius 3 is 2.57 bits per heavy atom. The number of carboxylic acids is 1. The standard InChI is InChI=1S/C26H29F3N4O4/c1-25(2)12-3-4-18(15-25)33-21-10-5-16(23(36)30-13-11-22(34)35)14-20(21)32-24(33)31-17-6-8-19(9-7-17)37-26(27,28)29/h5-10,14,18H,3-4,11-13,15H2,1-2H3,(H,30,36)(H,31,32)(H,34,35). The van der Waals surface area contributed by atoms with Gasteiger partial charge in [-0.25, -0.2) is 4.98 Å². The molecule has 3 N–H and O–H groups in total. The lowest BCUT2D eigenvalue weighted by atomic mass is 9.75. The van der Waals surface area contributed by atoms with Crippen molar-refractivity contribution in [1.82, 2.24) is 14.9 Å². The van der Waals surface area contributed by atoms with E-state index < -0.39 is 18.2 Å². The molecule has 1 fully saturated rings. The molecule has 1 atom stereocenters. The Hall–Kier alpha value is -3.76. The summed E-state index contributed by atoms with van der Waals surface area (Å²) in [4.78, 5) is 28.0. The number of halogens is 3. The second kappa shape index (κ2) is 10.3. The van der Waals surface area contributed by atoms with Crippen LogP contribution in [-0.4, -0.2) is 39.4 Å². The number of rotatable bonds is 8. The summed E-state index contributed by atoms with van der Waals surface area (Å²) in [6.07, 6.45) is -0.928. The van der Waals surface area contributed by atoms with Crippen LogP contribution < -0.4 is 15.4 Å². The van der Waals surface area contributed by atoms with Crippen molar-refractivity contribution in [2.45, 2.75) is 58.4 Å². The molecule has 0 saturated heterocycles. The summed E-state index contributed by atoms with van der Waals surface area (Å²) in [5, 5.41) is 14.6. The highest BCUT2D eigenvalue weighted by Gasteiger charge is 2.32. The first-order valence-electron chi connectivity index (χ1n) is 12.0. The van der Waals surface area contributed by atoms with E-state index in [1.54, 1.807) is 12.1 Å². The molecule has 1 unspecified atom stereocenters. The minimum atomic E-state index is -4.77. The number of hydrogen-bond donors (Lipinski definition) is 3. The van der Waals surface area contributed by atoms with E-state index in [1.807, 2.05) is 6.07 Å². The summed E-state index contributed by atoms with van der Waals surface area (Å²) < 4.78 is 43.6. The van der Waals surface area contributed by atoms with Crippen LogP contribution in [0, 0.1) is 5.41 Å². The molecule has 2 aromatic carbocycles. The summed E-state index contributed by atoms with van der Waals surface area (Å²) in [5.74, 6) is -1.20. The van der Waals surface area contributed by atoms with Crippen molar-refractivity contribution in [1.29, 1.82) is 0 Å². The summed E-state index contributed by atoms with van der Waals surface area (Å²) in [5.41, 5.74) is 2.43. The van der Waals surface area contributed by atoms with Gasteiger partial charge in [-0.3, -0.25) is 9.59 Å². The number of fused-ring (bicyclic) bond motifs is 1. The minimum Gasteiger partial charge on any atom is -0.481 e. The number of nitrogens with zero attached hydrogens (tertiary/aromatic N) is 2. The van der Waals surface area contributed by atoms with Gasteiger partial charge in [0, 0.05) is 23.8 Å². The summed E-state index contributed by atoms with van der Waals surface area (Å²) in [7, 11) is 0. The minimum absolute atomic E-state index is 0.0126. The third-order valence-electron chi connectivity index (χ3n) is 6.46. The first-order chi connectivity index (χ1) is 17.4. The Kier molecular flexibility index (Phi) is 7.33. The fourth-order valence-corrected chi connectivity index (χ4v) is 4.83. The molecular formula is C26H29F3N4O4. The second-order valence-corrected chi connectivity index (χ2v) is 10.0. The quantitative estimate of drug-likeness (QED) is 0.337. The Morgan fingerprint density at radius 1 is 1.19 bits per heavy atom. The van der Waals surface area contributed by atoms with Gasteiger partial charge in [0.2, 0.25) is 5.95 Å². The molecule has 3 aromatic rings. The molecule has 8 nitrogen and oxygen atoms in total. The monoisotopic (exact) mass is 518 g/mol. The Labute approximate surface area is 211 Å². The number of benzene rings is 2. The number of carbonyl (C=O) groups excluding carboxylic acids is 1. The van der Waals surface area contributed by atoms with Crippen molar-refractivity contribution in [2.24, 2.45) is 5.41 Å². The highest BCUT2D eigenvalue weighted by atomic mass is 19.4. The maximum atomic E-state index is 12.5. The molecule has 0 aliphatic heterocycles. The van der Waals surface area contributed by atoms with E-state index in [-0.39, 0.29) is 30.2 Å². The fourth-order valence-electron chi connectivity index (χ4n) is 4.83. The highest BCUT2D eigenvalue weighted by Crippen LogP contribution is 2.43. The van der Waals surface area contributed by atoms with Gasteiger partial charge in [0.05, 0.1) is 17.5 Å². The molecule has 1 heterocycles. The maximum absolute atomic E-state index is 12.5. The van der Waals surface area contributed by atoms with Crippen LogP contribution in [0.1, 0.15) is 62.4 Å². The highest BCUT2D eigenvalue weighted by molar-refractivity contribution is 5.98. The van der Waals surface area contributed by atoms with Crippen molar-refractivity contribution in [3.05, 3.63) is 48.0 Å². The number of carbonyl (C=O) groups is 2. The Balaban J connectivity index is 1.66. The van der Waals surface area contributed by atoms with Crippen LogP contribution >= 0.6 is 0 Å². The van der Waals surface area contributed by atoms with E-state index in [1.165, 1.54) is 24.3 Å². The van der Waals surface area contributed by atoms with Gasteiger partial charge in [-0.2, -0.15) is 0 Å². The van der Waals surface area contributed by atoms with Crippen molar-refractivity contribution >= 4 is 34.5 Å². The van der Waals surface area contributed by atoms with Crippen LogP contribution in [0.5, 0.6) is 5.75 Å². The largest absolute Gasteiger partial charge is 0.573 e. The number of hydrogen-bond acceptors (Lipinski definition) is 5. The van der Waals surface area contributed by atoms with E-state index in [0.717, 1.165) is 31.2 Å². The number of ether oxygens (including phenoxy) is 1. The van der Waals surface area contributed by atoms with E-state index in [9.17, 15) is 22.8 Å². The van der Waals surface area contributed by atoms with Crippen LogP contribution in [0.15, 0.2) is 42.5 Å². The van der Waals surface area contributed by atoms with E-state index >= 15 is 0 Å². The summed E-state index contributed by atoms with van der Waals surface area (Å²) in [6, 6.07) is 10.7. The van der Waals surface area contributed by atoms with Crippen LogP contribution in [0.2, 0.25) is 0 Å². The second-order valence-electron chi connectivity index (χ2n) is 10.0. The van der Waals surface area contributed by atoms with Crippen molar-refractivity contribution < 1.29 is 32.6 Å². The molecule has 1 amide bonds.